The van der Waals surface area contributed by atoms with E-state index in [1.54, 1.807) is 19.5 Å². The minimum Gasteiger partial charge on any atom is -0.495 e. The summed E-state index contributed by atoms with van der Waals surface area (Å²) in [6, 6.07) is 8.35. The fourth-order valence-electron chi connectivity index (χ4n) is 2.46. The van der Waals surface area contributed by atoms with Crippen LogP contribution in [0.5, 0.6) is 5.75 Å². The number of rotatable bonds is 4. The van der Waals surface area contributed by atoms with E-state index < -0.39 is 5.97 Å². The number of ether oxygens (including phenoxy) is 1. The third kappa shape index (κ3) is 2.83. The largest absolute Gasteiger partial charge is 0.495 e. The van der Waals surface area contributed by atoms with Crippen molar-refractivity contribution >= 4 is 17.6 Å². The van der Waals surface area contributed by atoms with E-state index in [-0.39, 0.29) is 5.56 Å². The van der Waals surface area contributed by atoms with Crippen molar-refractivity contribution in [3.05, 3.63) is 53.4 Å². The van der Waals surface area contributed by atoms with E-state index in [1.807, 2.05) is 23.7 Å². The van der Waals surface area contributed by atoms with Crippen LogP contribution in [0.3, 0.4) is 0 Å². The van der Waals surface area contributed by atoms with Crippen LogP contribution in [0.2, 0.25) is 5.02 Å². The second-order valence-electron chi connectivity index (χ2n) is 5.14. The number of carboxylic acid groups (broad SMARTS) is 1. The second kappa shape index (κ2) is 6.33. The van der Waals surface area contributed by atoms with Gasteiger partial charge in [0, 0.05) is 18.8 Å². The first-order valence-corrected chi connectivity index (χ1v) is 7.44. The number of nitrogens with zero attached hydrogens (tertiary/aromatic N) is 3. The van der Waals surface area contributed by atoms with Crippen molar-refractivity contribution in [1.29, 1.82) is 0 Å². The van der Waals surface area contributed by atoms with Gasteiger partial charge in [-0.05, 0) is 24.3 Å². The minimum atomic E-state index is -1.01. The lowest BCUT2D eigenvalue weighted by atomic mass is 10.1. The number of hydrogen-bond donors (Lipinski definition) is 1. The normalized spacial score (nSPS) is 10.6. The number of pyridine rings is 1. The molecule has 0 unspecified atom stereocenters. The number of aromatic nitrogens is 3. The van der Waals surface area contributed by atoms with Gasteiger partial charge < -0.3 is 14.4 Å². The molecule has 2 heterocycles. The summed E-state index contributed by atoms with van der Waals surface area (Å²) in [4.78, 5) is 19.8. The lowest BCUT2D eigenvalue weighted by Crippen LogP contribution is -1.98. The Balaban J connectivity index is 2.16. The van der Waals surface area contributed by atoms with Gasteiger partial charge in [0.25, 0.3) is 0 Å². The van der Waals surface area contributed by atoms with Gasteiger partial charge in [-0.25, -0.2) is 9.78 Å². The Kier molecular flexibility index (Phi) is 4.22. The predicted octanol–water partition coefficient (Wildman–Crippen LogP) is 3.51. The van der Waals surface area contributed by atoms with Crippen LogP contribution in [0.4, 0.5) is 0 Å². The highest BCUT2D eigenvalue weighted by atomic mass is 35.5. The van der Waals surface area contributed by atoms with Crippen molar-refractivity contribution in [1.82, 2.24) is 14.5 Å². The number of carbonyl (C=O) groups is 1. The zero-order valence-electron chi connectivity index (χ0n) is 13.0. The van der Waals surface area contributed by atoms with Crippen LogP contribution in [0.15, 0.2) is 42.9 Å². The molecule has 0 radical (unpaired) electrons. The number of hydrogen-bond acceptors (Lipinski definition) is 4. The van der Waals surface area contributed by atoms with E-state index in [0.717, 1.165) is 11.3 Å². The predicted molar refractivity (Wildman–Crippen MR) is 90.4 cm³/mol. The van der Waals surface area contributed by atoms with Gasteiger partial charge in [0.05, 0.1) is 35.4 Å². The van der Waals surface area contributed by atoms with Crippen LogP contribution < -0.4 is 4.74 Å². The van der Waals surface area contributed by atoms with E-state index >= 15 is 0 Å². The van der Waals surface area contributed by atoms with Crippen molar-refractivity contribution in [2.75, 3.05) is 7.11 Å². The van der Waals surface area contributed by atoms with Gasteiger partial charge >= 0.3 is 5.97 Å². The number of imidazole rings is 1. The maximum Gasteiger partial charge on any atom is 0.335 e. The van der Waals surface area contributed by atoms with Crippen molar-refractivity contribution in [2.45, 2.75) is 0 Å². The molecule has 0 saturated heterocycles. The Hall–Kier alpha value is -2.86. The molecule has 0 atom stereocenters. The maximum absolute atomic E-state index is 11.2. The number of aryl methyl sites for hydroxylation is 1. The van der Waals surface area contributed by atoms with Crippen molar-refractivity contribution in [2.24, 2.45) is 7.05 Å². The number of aromatic carboxylic acids is 1. The number of carboxylic acids is 1. The van der Waals surface area contributed by atoms with Crippen LogP contribution in [0.1, 0.15) is 10.4 Å². The third-order valence-electron chi connectivity index (χ3n) is 3.61. The molecule has 2 aromatic heterocycles. The summed E-state index contributed by atoms with van der Waals surface area (Å²) < 4.78 is 7.11. The quantitative estimate of drug-likeness (QED) is 0.784. The fourth-order valence-corrected chi connectivity index (χ4v) is 2.65. The average Bonchev–Trinajstić information content (AvgIpc) is 2.97. The molecule has 1 N–H and O–H groups in total. The molecule has 0 saturated carbocycles. The molecule has 3 rings (SSSR count). The van der Waals surface area contributed by atoms with E-state index in [0.29, 0.717) is 22.2 Å². The van der Waals surface area contributed by atoms with Gasteiger partial charge in [-0.1, -0.05) is 17.7 Å². The van der Waals surface area contributed by atoms with Crippen LogP contribution in [0, 0.1) is 0 Å². The molecule has 0 amide bonds. The van der Waals surface area contributed by atoms with E-state index in [2.05, 4.69) is 9.97 Å². The van der Waals surface area contributed by atoms with Crippen LogP contribution in [-0.4, -0.2) is 32.7 Å². The molecule has 0 aliphatic carbocycles. The Morgan fingerprint density at radius 1 is 1.25 bits per heavy atom. The molecule has 0 bridgehead atoms. The zero-order valence-corrected chi connectivity index (χ0v) is 13.8. The van der Waals surface area contributed by atoms with Crippen molar-refractivity contribution < 1.29 is 14.6 Å². The molecule has 24 heavy (non-hydrogen) atoms. The molecule has 7 heteroatoms. The average molecular weight is 344 g/mol. The second-order valence-corrected chi connectivity index (χ2v) is 5.54. The molecule has 3 aromatic rings. The summed E-state index contributed by atoms with van der Waals surface area (Å²) in [5.41, 5.74) is 2.86. The fraction of sp³-hybridized carbons (Fsp3) is 0.118. The zero-order chi connectivity index (χ0) is 17.3. The van der Waals surface area contributed by atoms with Crippen LogP contribution in [-0.2, 0) is 7.05 Å². The SMILES string of the molecule is COc1cc(-c2c(-c3cc(C(=O)O)ccn3)ncn2C)ccc1Cl. The molecule has 0 fully saturated rings. The van der Waals surface area contributed by atoms with Gasteiger partial charge in [-0.2, -0.15) is 0 Å². The lowest BCUT2D eigenvalue weighted by molar-refractivity contribution is 0.0697. The first-order valence-electron chi connectivity index (χ1n) is 7.06. The molecular formula is C17H14ClN3O3. The first kappa shape index (κ1) is 16.0. The summed E-state index contributed by atoms with van der Waals surface area (Å²) in [5, 5.41) is 9.67. The van der Waals surface area contributed by atoms with Gasteiger partial charge in [0.15, 0.2) is 0 Å². The summed E-state index contributed by atoms with van der Waals surface area (Å²) in [7, 11) is 3.40. The van der Waals surface area contributed by atoms with Crippen molar-refractivity contribution in [3.8, 4) is 28.4 Å². The maximum atomic E-state index is 11.2. The molecule has 122 valence electrons. The Morgan fingerprint density at radius 2 is 2.04 bits per heavy atom. The summed E-state index contributed by atoms with van der Waals surface area (Å²) in [6.45, 7) is 0. The van der Waals surface area contributed by atoms with E-state index in [1.165, 1.54) is 18.3 Å². The standard InChI is InChI=1S/C17H14ClN3O3/c1-21-9-20-15(13-7-11(17(22)23)5-6-19-13)16(21)10-3-4-12(18)14(8-10)24-2/h3-9H,1-2H3,(H,22,23). The highest BCUT2D eigenvalue weighted by molar-refractivity contribution is 6.32. The smallest absolute Gasteiger partial charge is 0.335 e. The van der Waals surface area contributed by atoms with Crippen molar-refractivity contribution in [3.63, 3.8) is 0 Å². The summed E-state index contributed by atoms with van der Waals surface area (Å²) >= 11 is 6.08. The Bertz CT molecular complexity index is 921. The van der Waals surface area contributed by atoms with Crippen LogP contribution in [0.25, 0.3) is 22.6 Å². The lowest BCUT2D eigenvalue weighted by Gasteiger charge is -2.09. The highest BCUT2D eigenvalue weighted by Gasteiger charge is 2.17. The molecular weight excluding hydrogens is 330 g/mol. The molecule has 6 nitrogen and oxygen atoms in total. The Labute approximate surface area is 143 Å². The summed E-state index contributed by atoms with van der Waals surface area (Å²) in [5.74, 6) is -0.460. The molecule has 0 aliphatic rings. The third-order valence-corrected chi connectivity index (χ3v) is 3.92. The number of methoxy groups -OCH3 is 1. The first-order chi connectivity index (χ1) is 11.5. The molecule has 1 aromatic carbocycles. The monoisotopic (exact) mass is 343 g/mol. The van der Waals surface area contributed by atoms with Gasteiger partial charge in [-0.15, -0.1) is 0 Å². The van der Waals surface area contributed by atoms with Crippen LogP contribution >= 0.6 is 11.6 Å². The minimum absolute atomic E-state index is 0.158. The number of halogens is 1. The van der Waals surface area contributed by atoms with E-state index in [9.17, 15) is 4.79 Å². The Morgan fingerprint density at radius 3 is 2.75 bits per heavy atom. The van der Waals surface area contributed by atoms with Gasteiger partial charge in [0.2, 0.25) is 0 Å². The van der Waals surface area contributed by atoms with Gasteiger partial charge in [0.1, 0.15) is 11.4 Å². The summed E-state index contributed by atoms with van der Waals surface area (Å²) in [6.07, 6.45) is 3.11. The molecule has 0 spiro atoms. The van der Waals surface area contributed by atoms with Gasteiger partial charge in [-0.3, -0.25) is 4.98 Å². The molecule has 0 aliphatic heterocycles. The highest BCUT2D eigenvalue weighted by Crippen LogP contribution is 2.34. The van der Waals surface area contributed by atoms with E-state index in [4.69, 9.17) is 21.4 Å². The number of benzene rings is 1. The topological polar surface area (TPSA) is 77.2 Å².